The lowest BCUT2D eigenvalue weighted by Gasteiger charge is -2.21. The van der Waals surface area contributed by atoms with Crippen molar-refractivity contribution in [2.24, 2.45) is 7.05 Å². The van der Waals surface area contributed by atoms with Crippen LogP contribution in [0.1, 0.15) is 25.0 Å². The Bertz CT molecular complexity index is 723. The van der Waals surface area contributed by atoms with E-state index in [0.29, 0.717) is 37.6 Å². The van der Waals surface area contributed by atoms with Crippen LogP contribution >= 0.6 is 0 Å². The summed E-state index contributed by atoms with van der Waals surface area (Å²) < 4.78 is 28.4. The van der Waals surface area contributed by atoms with E-state index in [2.05, 4.69) is 5.10 Å². The minimum atomic E-state index is -3.33. The average Bonchev–Trinajstić information content (AvgIpc) is 3.16. The van der Waals surface area contributed by atoms with Crippen molar-refractivity contribution in [2.45, 2.75) is 31.4 Å². The van der Waals surface area contributed by atoms with E-state index in [9.17, 15) is 18.5 Å². The average molecular weight is 343 g/mol. The zero-order chi connectivity index (χ0) is 16.8. The summed E-state index contributed by atoms with van der Waals surface area (Å²) in [5, 5.41) is 14.9. The van der Waals surface area contributed by atoms with Gasteiger partial charge in [0.2, 0.25) is 15.8 Å². The summed E-state index contributed by atoms with van der Waals surface area (Å²) in [6, 6.07) is 0. The van der Waals surface area contributed by atoms with Crippen LogP contribution in [0.25, 0.3) is 0 Å². The van der Waals surface area contributed by atoms with Crippen LogP contribution in [0.2, 0.25) is 0 Å². The first-order valence-electron chi connectivity index (χ1n) is 7.74. The van der Waals surface area contributed by atoms with Crippen LogP contribution in [0.5, 0.6) is 0 Å². The first kappa shape index (κ1) is 16.2. The lowest BCUT2D eigenvalue weighted by Crippen LogP contribution is -2.38. The zero-order valence-electron chi connectivity index (χ0n) is 13.3. The van der Waals surface area contributed by atoms with Crippen molar-refractivity contribution in [1.82, 2.24) is 14.1 Å². The van der Waals surface area contributed by atoms with Gasteiger partial charge in [-0.3, -0.25) is 10.1 Å². The van der Waals surface area contributed by atoms with Crippen molar-refractivity contribution >= 4 is 21.5 Å². The van der Waals surface area contributed by atoms with Gasteiger partial charge < -0.3 is 4.90 Å². The number of aromatic nitrogens is 2. The first-order valence-corrected chi connectivity index (χ1v) is 9.24. The fourth-order valence-corrected chi connectivity index (χ4v) is 5.48. The summed E-state index contributed by atoms with van der Waals surface area (Å²) in [4.78, 5) is 12.6. The minimum absolute atomic E-state index is 0.0354. The van der Waals surface area contributed by atoms with Gasteiger partial charge in [0, 0.05) is 33.2 Å². The molecule has 23 heavy (non-hydrogen) atoms. The van der Waals surface area contributed by atoms with E-state index in [1.807, 2.05) is 0 Å². The standard InChI is InChI=1S/C13H21N5O4S/c1-10-12(18(19)20)13(15(2)14-10)16-8-5-11(9-16)23(21,22)17-6-3-4-7-17/h11H,3-9H2,1-2H3/t11-/m0/s1. The van der Waals surface area contributed by atoms with Crippen LogP contribution in [-0.4, -0.2) is 58.9 Å². The SMILES string of the molecule is Cc1nn(C)c(N2CC[C@H](S(=O)(=O)N3CCCC3)C2)c1[N+](=O)[O-]. The molecule has 2 aliphatic rings. The van der Waals surface area contributed by atoms with Gasteiger partial charge >= 0.3 is 5.69 Å². The molecule has 0 unspecified atom stereocenters. The number of hydrogen-bond donors (Lipinski definition) is 0. The number of aryl methyl sites for hydroxylation is 2. The molecule has 2 saturated heterocycles. The van der Waals surface area contributed by atoms with E-state index in [0.717, 1.165) is 12.8 Å². The van der Waals surface area contributed by atoms with Crippen molar-refractivity contribution in [1.29, 1.82) is 0 Å². The van der Waals surface area contributed by atoms with Gasteiger partial charge in [0.1, 0.15) is 5.69 Å². The molecule has 1 aromatic heterocycles. The molecule has 1 aromatic rings. The second-order valence-electron chi connectivity index (χ2n) is 6.15. The van der Waals surface area contributed by atoms with Crippen LogP contribution in [0, 0.1) is 17.0 Å². The second kappa shape index (κ2) is 5.75. The molecule has 3 rings (SSSR count). The summed E-state index contributed by atoms with van der Waals surface area (Å²) in [6.45, 7) is 3.53. The van der Waals surface area contributed by atoms with Crippen molar-refractivity contribution in [2.75, 3.05) is 31.1 Å². The minimum Gasteiger partial charge on any atom is -0.350 e. The Balaban J connectivity index is 1.85. The van der Waals surface area contributed by atoms with Gasteiger partial charge in [-0.25, -0.2) is 17.4 Å². The summed E-state index contributed by atoms with van der Waals surface area (Å²) in [5.74, 6) is 0.395. The number of sulfonamides is 1. The van der Waals surface area contributed by atoms with E-state index >= 15 is 0 Å². The fraction of sp³-hybridized carbons (Fsp3) is 0.769. The Labute approximate surface area is 135 Å². The van der Waals surface area contributed by atoms with Crippen molar-refractivity contribution in [3.63, 3.8) is 0 Å². The molecule has 0 saturated carbocycles. The number of nitro groups is 1. The van der Waals surface area contributed by atoms with Gasteiger partial charge in [-0.2, -0.15) is 5.10 Å². The quantitative estimate of drug-likeness (QED) is 0.587. The summed E-state index contributed by atoms with van der Waals surface area (Å²) in [6.07, 6.45) is 2.30. The Morgan fingerprint density at radius 3 is 2.52 bits per heavy atom. The lowest BCUT2D eigenvalue weighted by atomic mass is 10.3. The van der Waals surface area contributed by atoms with E-state index < -0.39 is 20.2 Å². The third-order valence-corrected chi connectivity index (χ3v) is 6.95. The zero-order valence-corrected chi connectivity index (χ0v) is 14.1. The summed E-state index contributed by atoms with van der Waals surface area (Å²) in [5.41, 5.74) is 0.310. The lowest BCUT2D eigenvalue weighted by molar-refractivity contribution is -0.384. The predicted molar refractivity (Wildman–Crippen MR) is 84.9 cm³/mol. The molecule has 0 amide bonds. The molecule has 0 aromatic carbocycles. The fourth-order valence-electron chi connectivity index (χ4n) is 3.52. The van der Waals surface area contributed by atoms with Crippen LogP contribution in [0.3, 0.4) is 0 Å². The maximum atomic E-state index is 12.7. The molecule has 1 atom stereocenters. The number of nitrogens with zero attached hydrogens (tertiary/aromatic N) is 5. The molecule has 0 radical (unpaired) electrons. The molecule has 0 aliphatic carbocycles. The van der Waals surface area contributed by atoms with Gasteiger partial charge in [-0.15, -0.1) is 0 Å². The maximum Gasteiger partial charge on any atom is 0.333 e. The smallest absolute Gasteiger partial charge is 0.333 e. The molecule has 10 heteroatoms. The molecule has 128 valence electrons. The highest BCUT2D eigenvalue weighted by molar-refractivity contribution is 7.89. The van der Waals surface area contributed by atoms with Crippen molar-refractivity contribution in [3.8, 4) is 0 Å². The normalized spacial score (nSPS) is 22.9. The summed E-state index contributed by atoms with van der Waals surface area (Å²) >= 11 is 0. The van der Waals surface area contributed by atoms with Crippen LogP contribution < -0.4 is 4.90 Å². The van der Waals surface area contributed by atoms with Gasteiger partial charge in [-0.1, -0.05) is 0 Å². The topological polar surface area (TPSA) is 102 Å². The third-order valence-electron chi connectivity index (χ3n) is 4.63. The van der Waals surface area contributed by atoms with Crippen LogP contribution in [-0.2, 0) is 17.1 Å². The van der Waals surface area contributed by atoms with E-state index in [-0.39, 0.29) is 12.2 Å². The van der Waals surface area contributed by atoms with Crippen LogP contribution in [0.15, 0.2) is 0 Å². The summed E-state index contributed by atoms with van der Waals surface area (Å²) in [7, 11) is -1.68. The molecule has 2 aliphatic heterocycles. The monoisotopic (exact) mass is 343 g/mol. The highest BCUT2D eigenvalue weighted by Gasteiger charge is 2.41. The first-order chi connectivity index (χ1) is 10.8. The Kier molecular flexibility index (Phi) is 4.05. The van der Waals surface area contributed by atoms with Crippen LogP contribution in [0.4, 0.5) is 11.5 Å². The molecule has 0 bridgehead atoms. The molecular formula is C13H21N5O4S. The number of anilines is 1. The maximum absolute atomic E-state index is 12.7. The molecular weight excluding hydrogens is 322 g/mol. The van der Waals surface area contributed by atoms with E-state index in [1.165, 1.54) is 4.68 Å². The number of rotatable bonds is 4. The Morgan fingerprint density at radius 2 is 1.91 bits per heavy atom. The molecule has 0 N–H and O–H groups in total. The second-order valence-corrected chi connectivity index (χ2v) is 8.36. The Hall–Kier alpha value is -1.68. The molecule has 2 fully saturated rings. The molecule has 9 nitrogen and oxygen atoms in total. The largest absolute Gasteiger partial charge is 0.350 e. The van der Waals surface area contributed by atoms with E-state index in [1.54, 1.807) is 23.2 Å². The number of hydrogen-bond acceptors (Lipinski definition) is 6. The van der Waals surface area contributed by atoms with Crippen molar-refractivity contribution in [3.05, 3.63) is 15.8 Å². The molecule has 3 heterocycles. The van der Waals surface area contributed by atoms with E-state index in [4.69, 9.17) is 0 Å². The predicted octanol–water partition coefficient (Wildman–Crippen LogP) is 0.641. The highest BCUT2D eigenvalue weighted by Crippen LogP contribution is 2.34. The van der Waals surface area contributed by atoms with Crippen molar-refractivity contribution < 1.29 is 13.3 Å². The highest BCUT2D eigenvalue weighted by atomic mass is 32.2. The third kappa shape index (κ3) is 2.69. The van der Waals surface area contributed by atoms with Gasteiger partial charge in [-0.05, 0) is 26.2 Å². The van der Waals surface area contributed by atoms with Gasteiger partial charge in [0.05, 0.1) is 10.2 Å². The molecule has 0 spiro atoms. The van der Waals surface area contributed by atoms with Gasteiger partial charge in [0.25, 0.3) is 0 Å². The Morgan fingerprint density at radius 1 is 1.26 bits per heavy atom. The van der Waals surface area contributed by atoms with Gasteiger partial charge in [0.15, 0.2) is 0 Å².